The van der Waals surface area contributed by atoms with Gasteiger partial charge in [0, 0.05) is 5.56 Å². The fraction of sp³-hybridized carbons (Fsp3) is 0.500. The van der Waals surface area contributed by atoms with E-state index in [1.165, 1.54) is 0 Å². The van der Waals surface area contributed by atoms with Gasteiger partial charge in [0.2, 0.25) is 0 Å². The maximum absolute atomic E-state index is 13.2. The third-order valence-electron chi connectivity index (χ3n) is 2.33. The summed E-state index contributed by atoms with van der Waals surface area (Å²) in [6.07, 6.45) is 0.331. The van der Waals surface area contributed by atoms with Gasteiger partial charge < -0.3 is 5.11 Å². The number of halogens is 2. The zero-order valence-corrected chi connectivity index (χ0v) is 9.00. The van der Waals surface area contributed by atoms with Gasteiger partial charge >= 0.3 is 0 Å². The van der Waals surface area contributed by atoms with Crippen molar-refractivity contribution in [2.75, 3.05) is 0 Å². The first-order valence-electron chi connectivity index (χ1n) is 5.13. The van der Waals surface area contributed by atoms with Gasteiger partial charge in [-0.1, -0.05) is 13.8 Å². The second kappa shape index (κ2) is 5.21. The molecule has 0 radical (unpaired) electrons. The molecule has 1 rings (SSSR count). The molecule has 0 spiro atoms. The van der Waals surface area contributed by atoms with Crippen LogP contribution in [0.4, 0.5) is 8.78 Å². The Morgan fingerprint density at radius 2 is 1.87 bits per heavy atom. The number of hydrogen-bond donors (Lipinski definition) is 1. The van der Waals surface area contributed by atoms with E-state index in [0.717, 1.165) is 24.6 Å². The smallest absolute Gasteiger partial charge is 0.129 e. The summed E-state index contributed by atoms with van der Waals surface area (Å²) in [6, 6.07) is 3.15. The number of aliphatic hydroxyl groups is 1. The van der Waals surface area contributed by atoms with E-state index in [1.54, 1.807) is 0 Å². The molecule has 0 saturated carbocycles. The summed E-state index contributed by atoms with van der Waals surface area (Å²) in [4.78, 5) is 0. The second-order valence-electron chi connectivity index (χ2n) is 4.15. The highest BCUT2D eigenvalue weighted by Gasteiger charge is 2.13. The van der Waals surface area contributed by atoms with Gasteiger partial charge in [0.1, 0.15) is 11.6 Å². The second-order valence-corrected chi connectivity index (χ2v) is 4.15. The Kier molecular flexibility index (Phi) is 4.21. The lowest BCUT2D eigenvalue weighted by atomic mass is 9.99. The van der Waals surface area contributed by atoms with Crippen LogP contribution in [0.25, 0.3) is 0 Å². The van der Waals surface area contributed by atoms with Crippen molar-refractivity contribution in [2.45, 2.75) is 32.8 Å². The van der Waals surface area contributed by atoms with Crippen LogP contribution in [0.3, 0.4) is 0 Å². The molecule has 0 saturated heterocycles. The van der Waals surface area contributed by atoms with Crippen LogP contribution in [0.1, 0.15) is 38.4 Å². The van der Waals surface area contributed by atoms with Crippen LogP contribution >= 0.6 is 0 Å². The minimum absolute atomic E-state index is 0.0515. The Balaban J connectivity index is 2.72. The van der Waals surface area contributed by atoms with Crippen LogP contribution in [0.15, 0.2) is 18.2 Å². The number of aliphatic hydroxyl groups excluding tert-OH is 1. The van der Waals surface area contributed by atoms with Gasteiger partial charge in [-0.3, -0.25) is 0 Å². The lowest BCUT2D eigenvalue weighted by molar-refractivity contribution is 0.154. The summed E-state index contributed by atoms with van der Waals surface area (Å²) >= 11 is 0. The van der Waals surface area contributed by atoms with Crippen LogP contribution in [0.2, 0.25) is 0 Å². The van der Waals surface area contributed by atoms with Crippen molar-refractivity contribution in [2.24, 2.45) is 5.92 Å². The highest BCUT2D eigenvalue weighted by Crippen LogP contribution is 2.23. The van der Waals surface area contributed by atoms with Crippen molar-refractivity contribution in [1.29, 1.82) is 0 Å². The number of hydrogen-bond acceptors (Lipinski definition) is 1. The van der Waals surface area contributed by atoms with Crippen molar-refractivity contribution in [3.8, 4) is 0 Å². The lowest BCUT2D eigenvalue weighted by Gasteiger charge is -2.13. The van der Waals surface area contributed by atoms with Gasteiger partial charge in [-0.25, -0.2) is 8.78 Å². The third kappa shape index (κ3) is 3.59. The summed E-state index contributed by atoms with van der Waals surface area (Å²) in [5.41, 5.74) is 0.0515. The van der Waals surface area contributed by atoms with Crippen LogP contribution in [0, 0.1) is 17.6 Å². The number of benzene rings is 1. The molecule has 0 bridgehead atoms. The quantitative estimate of drug-likeness (QED) is 0.814. The normalized spacial score (nSPS) is 13.2. The van der Waals surface area contributed by atoms with E-state index in [0.29, 0.717) is 12.3 Å². The van der Waals surface area contributed by atoms with Crippen molar-refractivity contribution < 1.29 is 13.9 Å². The molecule has 0 heterocycles. The SMILES string of the molecule is CC(C)CCC(O)c1cc(F)ccc1F. The van der Waals surface area contributed by atoms with E-state index < -0.39 is 17.7 Å². The minimum Gasteiger partial charge on any atom is -0.388 e. The molecule has 1 aromatic carbocycles. The molecule has 0 aliphatic rings. The Morgan fingerprint density at radius 1 is 1.20 bits per heavy atom. The monoisotopic (exact) mass is 214 g/mol. The van der Waals surface area contributed by atoms with Crippen molar-refractivity contribution in [3.63, 3.8) is 0 Å². The molecule has 0 aliphatic carbocycles. The van der Waals surface area contributed by atoms with Gasteiger partial charge in [0.25, 0.3) is 0 Å². The Morgan fingerprint density at radius 3 is 2.47 bits per heavy atom. The molecular weight excluding hydrogens is 198 g/mol. The summed E-state index contributed by atoms with van der Waals surface area (Å²) in [7, 11) is 0. The van der Waals surface area contributed by atoms with Crippen molar-refractivity contribution in [3.05, 3.63) is 35.4 Å². The van der Waals surface area contributed by atoms with Crippen LogP contribution in [-0.4, -0.2) is 5.11 Å². The van der Waals surface area contributed by atoms with E-state index in [4.69, 9.17) is 0 Å². The van der Waals surface area contributed by atoms with Crippen molar-refractivity contribution in [1.82, 2.24) is 0 Å². The van der Waals surface area contributed by atoms with Gasteiger partial charge in [-0.2, -0.15) is 0 Å². The van der Waals surface area contributed by atoms with Gasteiger partial charge in [-0.15, -0.1) is 0 Å². The highest BCUT2D eigenvalue weighted by atomic mass is 19.1. The van der Waals surface area contributed by atoms with E-state index in [2.05, 4.69) is 0 Å². The summed E-state index contributed by atoms with van der Waals surface area (Å²) in [6.45, 7) is 4.04. The van der Waals surface area contributed by atoms with Crippen LogP contribution in [0.5, 0.6) is 0 Å². The first-order valence-corrected chi connectivity index (χ1v) is 5.13. The topological polar surface area (TPSA) is 20.2 Å². The number of rotatable bonds is 4. The fourth-order valence-electron chi connectivity index (χ4n) is 1.42. The van der Waals surface area contributed by atoms with E-state index in [1.807, 2.05) is 13.8 Å². The highest BCUT2D eigenvalue weighted by molar-refractivity contribution is 5.20. The van der Waals surface area contributed by atoms with E-state index in [9.17, 15) is 13.9 Å². The molecule has 0 aliphatic heterocycles. The maximum Gasteiger partial charge on any atom is 0.129 e. The lowest BCUT2D eigenvalue weighted by Crippen LogP contribution is -2.03. The Hall–Kier alpha value is -0.960. The average Bonchev–Trinajstić information content (AvgIpc) is 2.18. The Labute approximate surface area is 88.7 Å². The first-order chi connectivity index (χ1) is 7.00. The molecule has 0 amide bonds. The molecule has 0 fully saturated rings. The maximum atomic E-state index is 13.2. The van der Waals surface area contributed by atoms with Crippen LogP contribution in [-0.2, 0) is 0 Å². The van der Waals surface area contributed by atoms with Gasteiger partial charge in [0.15, 0.2) is 0 Å². The molecule has 3 heteroatoms. The average molecular weight is 214 g/mol. The molecule has 1 nitrogen and oxygen atoms in total. The standard InChI is InChI=1S/C12H16F2O/c1-8(2)3-6-12(15)10-7-9(13)4-5-11(10)14/h4-5,7-8,12,15H,3,6H2,1-2H3. The molecule has 1 unspecified atom stereocenters. The molecule has 1 aromatic rings. The van der Waals surface area contributed by atoms with Gasteiger partial charge in [-0.05, 0) is 37.0 Å². The molecule has 0 aromatic heterocycles. The van der Waals surface area contributed by atoms with Gasteiger partial charge in [0.05, 0.1) is 6.10 Å². The zero-order chi connectivity index (χ0) is 11.4. The predicted octanol–water partition coefficient (Wildman–Crippen LogP) is 3.43. The first kappa shape index (κ1) is 12.1. The summed E-state index contributed by atoms with van der Waals surface area (Å²) in [5, 5.41) is 9.67. The molecular formula is C12H16F2O. The zero-order valence-electron chi connectivity index (χ0n) is 9.00. The Bertz CT molecular complexity index is 323. The fourth-order valence-corrected chi connectivity index (χ4v) is 1.42. The summed E-state index contributed by atoms with van der Waals surface area (Å²) in [5.74, 6) is -0.626. The molecule has 1 N–H and O–H groups in total. The molecule has 84 valence electrons. The van der Waals surface area contributed by atoms with E-state index in [-0.39, 0.29) is 5.56 Å². The van der Waals surface area contributed by atoms with Crippen molar-refractivity contribution >= 4 is 0 Å². The van der Waals surface area contributed by atoms with Crippen LogP contribution < -0.4 is 0 Å². The minimum atomic E-state index is -0.914. The summed E-state index contributed by atoms with van der Waals surface area (Å²) < 4.78 is 26.0. The predicted molar refractivity (Wildman–Crippen MR) is 55.4 cm³/mol. The van der Waals surface area contributed by atoms with E-state index >= 15 is 0 Å². The third-order valence-corrected chi connectivity index (χ3v) is 2.33. The molecule has 1 atom stereocenters. The molecule has 15 heavy (non-hydrogen) atoms. The largest absolute Gasteiger partial charge is 0.388 e.